The summed E-state index contributed by atoms with van der Waals surface area (Å²) >= 11 is 0. The van der Waals surface area contributed by atoms with Crippen LogP contribution in [0.2, 0.25) is 0 Å². The van der Waals surface area contributed by atoms with E-state index in [1.807, 2.05) is 19.9 Å². The van der Waals surface area contributed by atoms with Gasteiger partial charge in [0.05, 0.1) is 6.42 Å². The van der Waals surface area contributed by atoms with Crippen LogP contribution in [0.25, 0.3) is 0 Å². The molecule has 144 valence electrons. The van der Waals surface area contributed by atoms with Crippen molar-refractivity contribution in [1.82, 2.24) is 10.2 Å². The molecule has 0 bridgehead atoms. The van der Waals surface area contributed by atoms with E-state index in [0.717, 1.165) is 11.3 Å². The number of hydrogen-bond acceptors (Lipinski definition) is 5. The van der Waals surface area contributed by atoms with E-state index in [4.69, 9.17) is 5.11 Å². The number of carboxylic acids is 1. The molecule has 1 saturated heterocycles. The zero-order valence-electron chi connectivity index (χ0n) is 15.4. The average Bonchev–Trinajstić information content (AvgIpc) is 2.89. The lowest BCUT2D eigenvalue weighted by molar-refractivity contribution is -0.139. The fourth-order valence-corrected chi connectivity index (χ4v) is 3.56. The van der Waals surface area contributed by atoms with Gasteiger partial charge in [-0.25, -0.2) is 0 Å². The van der Waals surface area contributed by atoms with E-state index in [1.165, 1.54) is 4.90 Å². The molecule has 8 heteroatoms. The van der Waals surface area contributed by atoms with Gasteiger partial charge in [-0.05, 0) is 24.0 Å². The summed E-state index contributed by atoms with van der Waals surface area (Å²) in [6.07, 6.45) is 0.556. The fourth-order valence-electron chi connectivity index (χ4n) is 3.56. The number of carbonyl (C=O) groups excluding carboxylic acids is 3. The van der Waals surface area contributed by atoms with E-state index >= 15 is 0 Å². The summed E-state index contributed by atoms with van der Waals surface area (Å²) in [5.74, 6) is -1.85. The topological polar surface area (TPSA) is 116 Å². The molecule has 8 nitrogen and oxygen atoms in total. The highest BCUT2D eigenvalue weighted by Gasteiger charge is 2.39. The highest BCUT2D eigenvalue weighted by Crippen LogP contribution is 2.33. The Labute approximate surface area is 156 Å². The molecule has 27 heavy (non-hydrogen) atoms. The summed E-state index contributed by atoms with van der Waals surface area (Å²) in [4.78, 5) is 48.8. The van der Waals surface area contributed by atoms with E-state index < -0.39 is 23.3 Å². The molecular weight excluding hydrogens is 350 g/mol. The highest BCUT2D eigenvalue weighted by molar-refractivity contribution is 6.06. The molecule has 3 N–H and O–H groups in total. The van der Waals surface area contributed by atoms with E-state index in [9.17, 15) is 19.2 Å². The second-order valence-corrected chi connectivity index (χ2v) is 7.82. The van der Waals surface area contributed by atoms with Crippen molar-refractivity contribution in [3.05, 3.63) is 29.3 Å². The molecule has 1 aromatic carbocycles. The summed E-state index contributed by atoms with van der Waals surface area (Å²) in [6, 6.07) is 4.67. The van der Waals surface area contributed by atoms with Crippen molar-refractivity contribution in [1.29, 1.82) is 0 Å². The van der Waals surface area contributed by atoms with Gasteiger partial charge in [0.1, 0.15) is 6.04 Å². The Kier molecular flexibility index (Phi) is 4.91. The number of carboxylic acid groups (broad SMARTS) is 1. The first-order valence-electron chi connectivity index (χ1n) is 8.90. The summed E-state index contributed by atoms with van der Waals surface area (Å²) in [5, 5.41) is 14.6. The molecule has 0 saturated carbocycles. The molecule has 2 aliphatic heterocycles. The van der Waals surface area contributed by atoms with Crippen molar-refractivity contribution in [3.8, 4) is 0 Å². The molecule has 1 aromatic rings. The number of benzene rings is 1. The van der Waals surface area contributed by atoms with E-state index in [2.05, 4.69) is 10.6 Å². The molecule has 1 atom stereocenters. The lowest BCUT2D eigenvalue weighted by Gasteiger charge is -2.29. The number of amides is 3. The van der Waals surface area contributed by atoms with E-state index in [1.54, 1.807) is 12.1 Å². The summed E-state index contributed by atoms with van der Waals surface area (Å²) in [7, 11) is 0. The second kappa shape index (κ2) is 7.02. The quantitative estimate of drug-likeness (QED) is 0.649. The number of nitrogens with zero attached hydrogens (tertiary/aromatic N) is 1. The van der Waals surface area contributed by atoms with Crippen LogP contribution in [0.1, 0.15) is 49.0 Å². The molecule has 0 spiro atoms. The minimum absolute atomic E-state index is 0.0242. The first-order valence-corrected chi connectivity index (χ1v) is 8.90. The first-order chi connectivity index (χ1) is 12.7. The lowest BCUT2D eigenvalue weighted by Crippen LogP contribution is -2.52. The molecule has 0 aliphatic carbocycles. The standard InChI is InChI=1S/C19H23N3O5/c1-19(2,8-16(24)25)10-20-13-5-3-4-11-12(13)9-22(18(11)27)14-6-7-15(23)21-17(14)26/h3-5,14,20H,6-10H2,1-2H3,(H,24,25)(H,21,23,26). The Bertz CT molecular complexity index is 818. The SMILES string of the molecule is CC(C)(CNc1cccc2c1CN(C1CCC(=O)NC1=O)C2=O)CC(=O)O. The molecule has 1 fully saturated rings. The zero-order chi connectivity index (χ0) is 19.8. The van der Waals surface area contributed by atoms with Crippen molar-refractivity contribution < 1.29 is 24.3 Å². The van der Waals surface area contributed by atoms with Gasteiger partial charge < -0.3 is 15.3 Å². The van der Waals surface area contributed by atoms with Crippen LogP contribution >= 0.6 is 0 Å². The predicted octanol–water partition coefficient (Wildman–Crippen LogP) is 1.36. The van der Waals surface area contributed by atoms with Crippen LogP contribution in [0.3, 0.4) is 0 Å². The van der Waals surface area contributed by atoms with Crippen LogP contribution in [0.4, 0.5) is 5.69 Å². The van der Waals surface area contributed by atoms with Gasteiger partial charge in [-0.15, -0.1) is 0 Å². The summed E-state index contributed by atoms with van der Waals surface area (Å²) < 4.78 is 0. The van der Waals surface area contributed by atoms with Gasteiger partial charge in [0.2, 0.25) is 11.8 Å². The Morgan fingerprint density at radius 2 is 2.07 bits per heavy atom. The van der Waals surface area contributed by atoms with Gasteiger partial charge >= 0.3 is 5.97 Å². The number of rotatable bonds is 6. The molecular formula is C19H23N3O5. The number of fused-ring (bicyclic) bond motifs is 1. The highest BCUT2D eigenvalue weighted by atomic mass is 16.4. The Hall–Kier alpha value is -2.90. The maximum Gasteiger partial charge on any atom is 0.303 e. The van der Waals surface area contributed by atoms with Crippen molar-refractivity contribution in [2.24, 2.45) is 5.41 Å². The third kappa shape index (κ3) is 3.94. The Balaban J connectivity index is 1.77. The number of hydrogen-bond donors (Lipinski definition) is 3. The van der Waals surface area contributed by atoms with Gasteiger partial charge in [-0.1, -0.05) is 19.9 Å². The van der Waals surface area contributed by atoms with Crippen molar-refractivity contribution in [3.63, 3.8) is 0 Å². The normalized spacial score (nSPS) is 19.7. The maximum absolute atomic E-state index is 12.8. The van der Waals surface area contributed by atoms with Crippen LogP contribution in [-0.2, 0) is 20.9 Å². The molecule has 3 rings (SSSR count). The molecule has 3 amide bonds. The number of anilines is 1. The second-order valence-electron chi connectivity index (χ2n) is 7.82. The minimum Gasteiger partial charge on any atom is -0.481 e. The van der Waals surface area contributed by atoms with E-state index in [0.29, 0.717) is 18.5 Å². The van der Waals surface area contributed by atoms with Crippen LogP contribution in [-0.4, -0.2) is 46.3 Å². The van der Waals surface area contributed by atoms with E-state index in [-0.39, 0.29) is 31.2 Å². The third-order valence-electron chi connectivity index (χ3n) is 4.97. The molecule has 2 heterocycles. The minimum atomic E-state index is -0.862. The number of nitrogens with one attached hydrogen (secondary N) is 2. The van der Waals surface area contributed by atoms with Crippen LogP contribution < -0.4 is 10.6 Å². The van der Waals surface area contributed by atoms with Gasteiger partial charge in [-0.2, -0.15) is 0 Å². The summed E-state index contributed by atoms with van der Waals surface area (Å²) in [5.41, 5.74) is 1.62. The van der Waals surface area contributed by atoms with Crippen molar-refractivity contribution in [2.45, 2.75) is 45.7 Å². The number of aliphatic carboxylic acids is 1. The van der Waals surface area contributed by atoms with Crippen LogP contribution in [0.15, 0.2) is 18.2 Å². The lowest BCUT2D eigenvalue weighted by atomic mass is 9.89. The fraction of sp³-hybridized carbons (Fsp3) is 0.474. The molecule has 1 unspecified atom stereocenters. The number of piperidine rings is 1. The van der Waals surface area contributed by atoms with Gasteiger partial charge in [0.25, 0.3) is 5.91 Å². The smallest absolute Gasteiger partial charge is 0.303 e. The van der Waals surface area contributed by atoms with Crippen LogP contribution in [0, 0.1) is 5.41 Å². The Morgan fingerprint density at radius 1 is 1.33 bits per heavy atom. The number of imide groups is 1. The van der Waals surface area contributed by atoms with Crippen molar-refractivity contribution >= 4 is 29.4 Å². The molecule has 0 radical (unpaired) electrons. The average molecular weight is 373 g/mol. The largest absolute Gasteiger partial charge is 0.481 e. The van der Waals surface area contributed by atoms with Gasteiger partial charge in [-0.3, -0.25) is 24.5 Å². The summed E-state index contributed by atoms with van der Waals surface area (Å²) in [6.45, 7) is 4.43. The molecule has 0 aromatic heterocycles. The zero-order valence-corrected chi connectivity index (χ0v) is 15.4. The first kappa shape index (κ1) is 18.9. The Morgan fingerprint density at radius 3 is 2.74 bits per heavy atom. The molecule has 2 aliphatic rings. The van der Waals surface area contributed by atoms with Crippen LogP contribution in [0.5, 0.6) is 0 Å². The van der Waals surface area contributed by atoms with Crippen molar-refractivity contribution in [2.75, 3.05) is 11.9 Å². The predicted molar refractivity (Wildman–Crippen MR) is 97.0 cm³/mol. The monoisotopic (exact) mass is 373 g/mol. The van der Waals surface area contributed by atoms with Gasteiger partial charge in [0, 0.05) is 36.3 Å². The third-order valence-corrected chi connectivity index (χ3v) is 4.97. The number of carbonyl (C=O) groups is 4. The maximum atomic E-state index is 12.8. The van der Waals surface area contributed by atoms with Gasteiger partial charge in [0.15, 0.2) is 0 Å².